The van der Waals surface area contributed by atoms with Crippen LogP contribution in [0.1, 0.15) is 16.5 Å². The minimum absolute atomic E-state index is 0.0799. The number of nitro groups is 1. The normalized spacial score (nSPS) is 12.2. The summed E-state index contributed by atoms with van der Waals surface area (Å²) < 4.78 is 0.834. The van der Waals surface area contributed by atoms with Crippen molar-refractivity contribution in [2.75, 3.05) is 0 Å². The number of para-hydroxylation sites is 1. The first kappa shape index (κ1) is 15.3. The van der Waals surface area contributed by atoms with Gasteiger partial charge < -0.3 is 0 Å². The van der Waals surface area contributed by atoms with E-state index in [0.29, 0.717) is 17.0 Å². The molecule has 0 heterocycles. The maximum Gasteiger partial charge on any atom is 0.272 e. The third kappa shape index (κ3) is 3.51. The van der Waals surface area contributed by atoms with E-state index < -0.39 is 10.3 Å². The van der Waals surface area contributed by atoms with Crippen LogP contribution in [-0.4, -0.2) is 4.92 Å². The molecule has 104 valence electrons. The molecule has 0 N–H and O–H groups in total. The van der Waals surface area contributed by atoms with Crippen LogP contribution in [0.3, 0.4) is 0 Å². The summed E-state index contributed by atoms with van der Waals surface area (Å²) in [5.41, 5.74) is 1.50. The van der Waals surface area contributed by atoms with Gasteiger partial charge in [-0.2, -0.15) is 0 Å². The lowest BCUT2D eigenvalue weighted by Crippen LogP contribution is -2.01. The molecule has 1 unspecified atom stereocenters. The molecule has 3 nitrogen and oxygen atoms in total. The van der Waals surface area contributed by atoms with Crippen molar-refractivity contribution < 1.29 is 4.92 Å². The number of nitrogens with zero attached hydrogens (tertiary/aromatic N) is 1. The SMILES string of the molecule is O=[N+]([O-])c1ccccc1CC(Cl)c1cc(Cl)ccc1Br. The van der Waals surface area contributed by atoms with Crippen LogP contribution in [0.5, 0.6) is 0 Å². The molecule has 0 radical (unpaired) electrons. The second-order valence-corrected chi connectivity index (χ2v) is 6.04. The minimum atomic E-state index is -0.399. The van der Waals surface area contributed by atoms with Crippen molar-refractivity contribution in [3.8, 4) is 0 Å². The van der Waals surface area contributed by atoms with Crippen LogP contribution >= 0.6 is 39.1 Å². The van der Waals surface area contributed by atoms with Crippen LogP contribution in [-0.2, 0) is 6.42 Å². The first-order chi connectivity index (χ1) is 9.49. The van der Waals surface area contributed by atoms with Gasteiger partial charge in [0.15, 0.2) is 0 Å². The van der Waals surface area contributed by atoms with E-state index in [1.165, 1.54) is 6.07 Å². The number of hydrogen-bond donors (Lipinski definition) is 0. The molecule has 0 fully saturated rings. The fraction of sp³-hybridized carbons (Fsp3) is 0.143. The Balaban J connectivity index is 2.30. The van der Waals surface area contributed by atoms with Gasteiger partial charge in [0.25, 0.3) is 5.69 Å². The third-order valence-electron chi connectivity index (χ3n) is 2.88. The topological polar surface area (TPSA) is 43.1 Å². The molecule has 20 heavy (non-hydrogen) atoms. The summed E-state index contributed by atoms with van der Waals surface area (Å²) in [6, 6.07) is 11.9. The van der Waals surface area contributed by atoms with Crippen molar-refractivity contribution in [3.05, 3.63) is 73.2 Å². The molecule has 0 saturated heterocycles. The zero-order chi connectivity index (χ0) is 14.7. The zero-order valence-electron chi connectivity index (χ0n) is 10.2. The summed E-state index contributed by atoms with van der Waals surface area (Å²) in [6.45, 7) is 0. The van der Waals surface area contributed by atoms with E-state index in [-0.39, 0.29) is 5.69 Å². The molecule has 1 atom stereocenters. The smallest absolute Gasteiger partial charge is 0.258 e. The Kier molecular flexibility index (Phi) is 5.02. The lowest BCUT2D eigenvalue weighted by atomic mass is 10.0. The van der Waals surface area contributed by atoms with E-state index in [1.807, 2.05) is 6.07 Å². The van der Waals surface area contributed by atoms with Gasteiger partial charge in [0, 0.05) is 21.1 Å². The van der Waals surface area contributed by atoms with Crippen molar-refractivity contribution in [1.82, 2.24) is 0 Å². The van der Waals surface area contributed by atoms with Gasteiger partial charge in [0.1, 0.15) is 0 Å². The van der Waals surface area contributed by atoms with Crippen LogP contribution in [0.2, 0.25) is 5.02 Å². The largest absolute Gasteiger partial charge is 0.272 e. The van der Waals surface area contributed by atoms with Gasteiger partial charge in [-0.15, -0.1) is 11.6 Å². The molecule has 0 spiro atoms. The van der Waals surface area contributed by atoms with Gasteiger partial charge in [-0.05, 0) is 30.2 Å². The van der Waals surface area contributed by atoms with Crippen LogP contribution in [0, 0.1) is 10.1 Å². The predicted molar refractivity (Wildman–Crippen MR) is 84.5 cm³/mol. The van der Waals surface area contributed by atoms with E-state index in [9.17, 15) is 10.1 Å². The van der Waals surface area contributed by atoms with Crippen LogP contribution in [0.25, 0.3) is 0 Å². The summed E-state index contributed by atoms with van der Waals surface area (Å²) in [6.07, 6.45) is 0.359. The second kappa shape index (κ2) is 6.57. The van der Waals surface area contributed by atoms with Gasteiger partial charge in [-0.3, -0.25) is 10.1 Å². The molecule has 0 saturated carbocycles. The van der Waals surface area contributed by atoms with Crippen molar-refractivity contribution in [3.63, 3.8) is 0 Å². The highest BCUT2D eigenvalue weighted by Gasteiger charge is 2.19. The molecule has 0 bridgehead atoms. The Bertz CT molecular complexity index is 649. The molecular formula is C14H10BrCl2NO2. The van der Waals surface area contributed by atoms with Gasteiger partial charge in [0.05, 0.1) is 10.3 Å². The van der Waals surface area contributed by atoms with Crippen molar-refractivity contribution in [2.45, 2.75) is 11.8 Å². The fourth-order valence-corrected chi connectivity index (χ4v) is 3.10. The first-order valence-electron chi connectivity index (χ1n) is 5.80. The molecule has 6 heteroatoms. The van der Waals surface area contributed by atoms with E-state index in [2.05, 4.69) is 15.9 Å². The number of nitro benzene ring substituents is 1. The number of rotatable bonds is 4. The minimum Gasteiger partial charge on any atom is -0.258 e. The van der Waals surface area contributed by atoms with Crippen LogP contribution < -0.4 is 0 Å². The number of halogens is 3. The zero-order valence-corrected chi connectivity index (χ0v) is 13.3. The van der Waals surface area contributed by atoms with Crippen molar-refractivity contribution in [1.29, 1.82) is 0 Å². The second-order valence-electron chi connectivity index (χ2n) is 4.22. The molecule has 0 aromatic heterocycles. The van der Waals surface area contributed by atoms with Gasteiger partial charge >= 0.3 is 0 Å². The Morgan fingerprint density at radius 2 is 1.95 bits per heavy atom. The molecule has 0 aliphatic rings. The molecule has 2 rings (SSSR count). The van der Waals surface area contributed by atoms with E-state index >= 15 is 0 Å². The van der Waals surface area contributed by atoms with E-state index in [1.54, 1.807) is 30.3 Å². The molecule has 0 aliphatic carbocycles. The molecule has 2 aromatic rings. The summed E-state index contributed by atoms with van der Waals surface area (Å²) in [4.78, 5) is 10.6. The molecular weight excluding hydrogens is 365 g/mol. The monoisotopic (exact) mass is 373 g/mol. The Hall–Kier alpha value is -1.10. The highest BCUT2D eigenvalue weighted by atomic mass is 79.9. The van der Waals surface area contributed by atoms with Gasteiger partial charge in [-0.25, -0.2) is 0 Å². The highest BCUT2D eigenvalue weighted by molar-refractivity contribution is 9.10. The summed E-state index contributed by atoms with van der Waals surface area (Å²) >= 11 is 15.8. The average molecular weight is 375 g/mol. The highest BCUT2D eigenvalue weighted by Crippen LogP contribution is 2.34. The predicted octanol–water partition coefficient (Wildman–Crippen LogP) is 5.53. The Labute approximate surface area is 134 Å². The third-order valence-corrected chi connectivity index (χ3v) is 4.23. The first-order valence-corrected chi connectivity index (χ1v) is 7.41. The standard InChI is InChI=1S/C14H10BrCl2NO2/c15-12-6-5-10(16)8-11(12)13(17)7-9-3-1-2-4-14(9)18(19)20/h1-6,8,13H,7H2. The molecule has 0 aliphatic heterocycles. The molecule has 0 amide bonds. The lowest BCUT2D eigenvalue weighted by Gasteiger charge is -2.12. The summed E-state index contributed by atoms with van der Waals surface area (Å²) in [5, 5.41) is 11.2. The van der Waals surface area contributed by atoms with Gasteiger partial charge in [-0.1, -0.05) is 45.7 Å². The van der Waals surface area contributed by atoms with Crippen molar-refractivity contribution in [2.24, 2.45) is 0 Å². The van der Waals surface area contributed by atoms with Crippen molar-refractivity contribution >= 4 is 44.8 Å². The molecule has 2 aromatic carbocycles. The lowest BCUT2D eigenvalue weighted by molar-refractivity contribution is -0.385. The van der Waals surface area contributed by atoms with E-state index in [0.717, 1.165) is 10.0 Å². The summed E-state index contributed by atoms with van der Waals surface area (Å²) in [5.74, 6) is 0. The summed E-state index contributed by atoms with van der Waals surface area (Å²) in [7, 11) is 0. The maximum atomic E-state index is 11.0. The quantitative estimate of drug-likeness (QED) is 0.401. The Morgan fingerprint density at radius 3 is 2.65 bits per heavy atom. The average Bonchev–Trinajstić information content (AvgIpc) is 2.41. The van der Waals surface area contributed by atoms with E-state index in [4.69, 9.17) is 23.2 Å². The fourth-order valence-electron chi connectivity index (χ4n) is 1.92. The van der Waals surface area contributed by atoms with Crippen LogP contribution in [0.15, 0.2) is 46.9 Å². The maximum absolute atomic E-state index is 11.0. The number of alkyl halides is 1. The number of benzene rings is 2. The Morgan fingerprint density at radius 1 is 1.25 bits per heavy atom. The van der Waals surface area contributed by atoms with Gasteiger partial charge in [0.2, 0.25) is 0 Å². The van der Waals surface area contributed by atoms with Crippen LogP contribution in [0.4, 0.5) is 5.69 Å². The number of hydrogen-bond acceptors (Lipinski definition) is 2.